The van der Waals surface area contributed by atoms with Gasteiger partial charge in [-0.1, -0.05) is 19.8 Å². The van der Waals surface area contributed by atoms with Gasteiger partial charge >= 0.3 is 0 Å². The second-order valence-electron chi connectivity index (χ2n) is 5.78. The fraction of sp³-hybridized carbons (Fsp3) is 1.00. The van der Waals surface area contributed by atoms with Gasteiger partial charge in [0, 0.05) is 19.2 Å². The molecule has 0 bridgehead atoms. The Kier molecular flexibility index (Phi) is 5.90. The zero-order chi connectivity index (χ0) is 12.9. The SMILES string of the molecule is CCOCC(C)(CN)N(C)C1CCCCC1C. The Labute approximate surface area is 107 Å². The minimum Gasteiger partial charge on any atom is -0.380 e. The van der Waals surface area contributed by atoms with Crippen molar-refractivity contribution in [3.8, 4) is 0 Å². The van der Waals surface area contributed by atoms with Crippen LogP contribution < -0.4 is 5.73 Å². The van der Waals surface area contributed by atoms with E-state index in [0.29, 0.717) is 12.6 Å². The van der Waals surface area contributed by atoms with Crippen LogP contribution in [-0.4, -0.2) is 43.3 Å². The van der Waals surface area contributed by atoms with Crippen LogP contribution in [0.1, 0.15) is 46.5 Å². The molecule has 0 aromatic heterocycles. The van der Waals surface area contributed by atoms with Gasteiger partial charge in [-0.05, 0) is 39.7 Å². The van der Waals surface area contributed by atoms with E-state index in [-0.39, 0.29) is 5.54 Å². The first kappa shape index (κ1) is 14.9. The Hall–Kier alpha value is -0.120. The molecular formula is C14H30N2O. The molecule has 1 saturated carbocycles. The molecule has 1 fully saturated rings. The van der Waals surface area contributed by atoms with Gasteiger partial charge in [-0.3, -0.25) is 4.90 Å². The van der Waals surface area contributed by atoms with Crippen molar-refractivity contribution in [2.45, 2.75) is 58.0 Å². The van der Waals surface area contributed by atoms with E-state index in [1.165, 1.54) is 25.7 Å². The molecule has 0 saturated heterocycles. The largest absolute Gasteiger partial charge is 0.380 e. The fourth-order valence-corrected chi connectivity index (χ4v) is 2.90. The Morgan fingerprint density at radius 1 is 1.35 bits per heavy atom. The molecule has 102 valence electrons. The molecule has 2 N–H and O–H groups in total. The fourth-order valence-electron chi connectivity index (χ4n) is 2.90. The zero-order valence-corrected chi connectivity index (χ0v) is 12.0. The highest BCUT2D eigenvalue weighted by molar-refractivity contribution is 4.92. The van der Waals surface area contributed by atoms with Crippen molar-refractivity contribution in [3.63, 3.8) is 0 Å². The van der Waals surface area contributed by atoms with Crippen LogP contribution in [-0.2, 0) is 4.74 Å². The predicted octanol–water partition coefficient (Wildman–Crippen LogP) is 2.25. The van der Waals surface area contributed by atoms with Crippen LogP contribution in [0, 0.1) is 5.92 Å². The van der Waals surface area contributed by atoms with Crippen LogP contribution in [0.2, 0.25) is 0 Å². The molecule has 0 heterocycles. The molecule has 0 aliphatic heterocycles. The first-order valence-corrected chi connectivity index (χ1v) is 7.06. The normalized spacial score (nSPS) is 29.3. The van der Waals surface area contributed by atoms with Gasteiger partial charge in [0.25, 0.3) is 0 Å². The van der Waals surface area contributed by atoms with Crippen LogP contribution >= 0.6 is 0 Å². The van der Waals surface area contributed by atoms with Gasteiger partial charge in [0.1, 0.15) is 0 Å². The summed E-state index contributed by atoms with van der Waals surface area (Å²) in [7, 11) is 2.22. The number of rotatable bonds is 6. The summed E-state index contributed by atoms with van der Waals surface area (Å²) >= 11 is 0. The summed E-state index contributed by atoms with van der Waals surface area (Å²) in [6.07, 6.45) is 5.40. The Morgan fingerprint density at radius 2 is 2.00 bits per heavy atom. The third kappa shape index (κ3) is 3.67. The number of nitrogens with zero attached hydrogens (tertiary/aromatic N) is 1. The average Bonchev–Trinajstić information content (AvgIpc) is 2.35. The van der Waals surface area contributed by atoms with Gasteiger partial charge in [0.15, 0.2) is 0 Å². The number of ether oxygens (including phenoxy) is 1. The van der Waals surface area contributed by atoms with Gasteiger partial charge in [0.2, 0.25) is 0 Å². The minimum atomic E-state index is -0.0216. The molecule has 1 aliphatic carbocycles. The Bertz CT molecular complexity index is 222. The molecule has 1 aliphatic rings. The van der Waals surface area contributed by atoms with Crippen molar-refractivity contribution in [1.29, 1.82) is 0 Å². The molecule has 3 unspecified atom stereocenters. The van der Waals surface area contributed by atoms with Crippen molar-refractivity contribution in [2.75, 3.05) is 26.8 Å². The van der Waals surface area contributed by atoms with Crippen molar-refractivity contribution < 1.29 is 4.74 Å². The summed E-state index contributed by atoms with van der Waals surface area (Å²) in [5.74, 6) is 0.779. The summed E-state index contributed by atoms with van der Waals surface area (Å²) in [6, 6.07) is 0.665. The van der Waals surface area contributed by atoms with Crippen molar-refractivity contribution in [2.24, 2.45) is 11.7 Å². The summed E-state index contributed by atoms with van der Waals surface area (Å²) in [5.41, 5.74) is 5.96. The lowest BCUT2D eigenvalue weighted by Crippen LogP contribution is -2.58. The van der Waals surface area contributed by atoms with Gasteiger partial charge < -0.3 is 10.5 Å². The monoisotopic (exact) mass is 242 g/mol. The van der Waals surface area contributed by atoms with Gasteiger partial charge in [-0.25, -0.2) is 0 Å². The summed E-state index contributed by atoms with van der Waals surface area (Å²) < 4.78 is 5.62. The Balaban J connectivity index is 2.65. The van der Waals surface area contributed by atoms with E-state index in [0.717, 1.165) is 19.1 Å². The highest BCUT2D eigenvalue weighted by atomic mass is 16.5. The quantitative estimate of drug-likeness (QED) is 0.776. The molecular weight excluding hydrogens is 212 g/mol. The van der Waals surface area contributed by atoms with E-state index in [2.05, 4.69) is 25.8 Å². The van der Waals surface area contributed by atoms with Gasteiger partial charge in [-0.15, -0.1) is 0 Å². The number of hydrogen-bond donors (Lipinski definition) is 1. The number of hydrogen-bond acceptors (Lipinski definition) is 3. The molecule has 3 atom stereocenters. The van der Waals surface area contributed by atoms with E-state index < -0.39 is 0 Å². The third-order valence-corrected chi connectivity index (χ3v) is 4.47. The van der Waals surface area contributed by atoms with Gasteiger partial charge in [0.05, 0.1) is 12.1 Å². The number of nitrogens with two attached hydrogens (primary N) is 1. The highest BCUT2D eigenvalue weighted by Crippen LogP contribution is 2.31. The predicted molar refractivity (Wildman–Crippen MR) is 73.1 cm³/mol. The van der Waals surface area contributed by atoms with E-state index >= 15 is 0 Å². The molecule has 0 radical (unpaired) electrons. The molecule has 0 aromatic rings. The zero-order valence-electron chi connectivity index (χ0n) is 12.0. The first-order valence-electron chi connectivity index (χ1n) is 7.06. The van der Waals surface area contributed by atoms with Crippen LogP contribution in [0.15, 0.2) is 0 Å². The van der Waals surface area contributed by atoms with Crippen LogP contribution in [0.25, 0.3) is 0 Å². The third-order valence-electron chi connectivity index (χ3n) is 4.47. The van der Waals surface area contributed by atoms with Crippen molar-refractivity contribution >= 4 is 0 Å². The van der Waals surface area contributed by atoms with E-state index in [4.69, 9.17) is 10.5 Å². The van der Waals surface area contributed by atoms with Crippen LogP contribution in [0.4, 0.5) is 0 Å². The second-order valence-corrected chi connectivity index (χ2v) is 5.78. The maximum absolute atomic E-state index is 5.98. The molecule has 0 spiro atoms. The second kappa shape index (κ2) is 6.72. The maximum Gasteiger partial charge on any atom is 0.0659 e. The lowest BCUT2D eigenvalue weighted by molar-refractivity contribution is -0.0190. The smallest absolute Gasteiger partial charge is 0.0659 e. The maximum atomic E-state index is 5.98. The standard InChI is InChI=1S/C14H30N2O/c1-5-17-11-14(3,10-15)16(4)13-9-7-6-8-12(13)2/h12-13H,5-11,15H2,1-4H3. The summed E-state index contributed by atoms with van der Waals surface area (Å²) in [4.78, 5) is 2.48. The van der Waals surface area contributed by atoms with E-state index in [1.807, 2.05) is 6.92 Å². The minimum absolute atomic E-state index is 0.0216. The average molecular weight is 242 g/mol. The topological polar surface area (TPSA) is 38.5 Å². The Morgan fingerprint density at radius 3 is 2.53 bits per heavy atom. The number of likely N-dealkylation sites (N-methyl/N-ethyl adjacent to an activating group) is 1. The van der Waals surface area contributed by atoms with Crippen LogP contribution in [0.5, 0.6) is 0 Å². The molecule has 0 amide bonds. The van der Waals surface area contributed by atoms with Crippen LogP contribution in [0.3, 0.4) is 0 Å². The molecule has 3 nitrogen and oxygen atoms in total. The first-order chi connectivity index (χ1) is 8.05. The lowest BCUT2D eigenvalue weighted by atomic mass is 9.83. The molecule has 17 heavy (non-hydrogen) atoms. The van der Waals surface area contributed by atoms with Crippen molar-refractivity contribution in [3.05, 3.63) is 0 Å². The molecule has 3 heteroatoms. The lowest BCUT2D eigenvalue weighted by Gasteiger charge is -2.46. The highest BCUT2D eigenvalue weighted by Gasteiger charge is 2.36. The summed E-state index contributed by atoms with van der Waals surface area (Å²) in [5, 5.41) is 0. The van der Waals surface area contributed by atoms with Gasteiger partial charge in [-0.2, -0.15) is 0 Å². The summed E-state index contributed by atoms with van der Waals surface area (Å²) in [6.45, 7) is 8.80. The van der Waals surface area contributed by atoms with E-state index in [1.54, 1.807) is 0 Å². The van der Waals surface area contributed by atoms with E-state index in [9.17, 15) is 0 Å². The van der Waals surface area contributed by atoms with Crippen molar-refractivity contribution in [1.82, 2.24) is 4.90 Å². The molecule has 0 aromatic carbocycles. The molecule has 1 rings (SSSR count).